The maximum atomic E-state index is 13.2. The summed E-state index contributed by atoms with van der Waals surface area (Å²) in [6, 6.07) is 26.8. The number of carbonyl (C=O) groups excluding carboxylic acids is 1. The van der Waals surface area contributed by atoms with Gasteiger partial charge in [0.25, 0.3) is 0 Å². The van der Waals surface area contributed by atoms with E-state index in [1.54, 1.807) is 0 Å². The fourth-order valence-electron chi connectivity index (χ4n) is 6.82. The van der Waals surface area contributed by atoms with Gasteiger partial charge in [0, 0.05) is 53.0 Å². The largest absolute Gasteiger partial charge is 0.481 e. The van der Waals surface area contributed by atoms with E-state index in [1.807, 2.05) is 70.4 Å². The van der Waals surface area contributed by atoms with Crippen LogP contribution in [-0.2, 0) is 25.5 Å². The summed E-state index contributed by atoms with van der Waals surface area (Å²) in [5, 5.41) is 11.2. The summed E-state index contributed by atoms with van der Waals surface area (Å²) < 4.78 is 13.6. The van der Waals surface area contributed by atoms with Crippen LogP contribution >= 0.6 is 0 Å². The molecule has 45 heavy (non-hydrogen) atoms. The molecule has 0 saturated heterocycles. The lowest BCUT2D eigenvalue weighted by Crippen LogP contribution is -2.36. The Morgan fingerprint density at radius 2 is 1.56 bits per heavy atom. The quantitative estimate of drug-likeness (QED) is 0.206. The second-order valence-electron chi connectivity index (χ2n) is 12.0. The monoisotopic (exact) mass is 599 g/mol. The van der Waals surface area contributed by atoms with Gasteiger partial charge in [-0.1, -0.05) is 85.0 Å². The van der Waals surface area contributed by atoms with Crippen molar-refractivity contribution in [2.75, 3.05) is 19.0 Å². The zero-order chi connectivity index (χ0) is 31.9. The molecule has 0 aromatic heterocycles. The third kappa shape index (κ3) is 4.91. The smallest absolute Gasteiger partial charge is 0.307 e. The zero-order valence-corrected chi connectivity index (χ0v) is 26.3. The molecule has 1 aliphatic heterocycles. The number of carboxylic acids is 1. The van der Waals surface area contributed by atoms with Gasteiger partial charge in [0.1, 0.15) is 5.75 Å². The highest BCUT2D eigenvalue weighted by molar-refractivity contribution is 6.06. The first-order valence-electron chi connectivity index (χ1n) is 15.2. The number of nitrogens with zero attached hydrogens (tertiary/aromatic N) is 1. The Labute approximate surface area is 263 Å². The van der Waals surface area contributed by atoms with Crippen LogP contribution in [0.25, 0.3) is 22.4 Å². The molecule has 2 unspecified atom stereocenters. The Morgan fingerprint density at radius 3 is 2.20 bits per heavy atom. The van der Waals surface area contributed by atoms with E-state index in [0.29, 0.717) is 5.75 Å². The minimum absolute atomic E-state index is 0.218. The number of allylic oxidation sites excluding steroid dienone is 2. The summed E-state index contributed by atoms with van der Waals surface area (Å²) in [7, 11) is 4.04. The number of anilines is 1. The fourth-order valence-corrected chi connectivity index (χ4v) is 6.82. The standard InChI is InChI=1S/C39H37NO5/c1-6-12-32-25(2)35-29-15-10-11-16-30(29)37-31(36(35)38(32,3)44-34(43)22-21-33(41)42)23-24-39(45-37,26-13-8-7-9-14-26)27-17-19-28(20-18-27)40(4)5/h6-20,23-24H,21-22H2,1-5H3,(H,41,42)/b12-6-. The second-order valence-corrected chi connectivity index (χ2v) is 12.0. The summed E-state index contributed by atoms with van der Waals surface area (Å²) in [5.74, 6) is -0.903. The maximum Gasteiger partial charge on any atom is 0.307 e. The average Bonchev–Trinajstić information content (AvgIpc) is 3.26. The topological polar surface area (TPSA) is 76.1 Å². The molecular formula is C39H37NO5. The lowest BCUT2D eigenvalue weighted by atomic mass is 9.80. The lowest BCUT2D eigenvalue weighted by molar-refractivity contribution is -0.157. The van der Waals surface area contributed by atoms with E-state index in [4.69, 9.17) is 9.47 Å². The van der Waals surface area contributed by atoms with Crippen molar-refractivity contribution in [1.29, 1.82) is 0 Å². The van der Waals surface area contributed by atoms with Crippen LogP contribution in [-0.4, -0.2) is 31.1 Å². The normalized spacial score (nSPS) is 20.2. The van der Waals surface area contributed by atoms with Crippen LogP contribution in [0.15, 0.2) is 103 Å². The molecule has 1 N–H and O–H groups in total. The second kappa shape index (κ2) is 11.4. The molecule has 0 spiro atoms. The third-order valence-corrected chi connectivity index (χ3v) is 8.93. The summed E-state index contributed by atoms with van der Waals surface area (Å²) in [4.78, 5) is 26.5. The van der Waals surface area contributed by atoms with E-state index in [9.17, 15) is 14.7 Å². The van der Waals surface area contributed by atoms with Gasteiger partial charge in [-0.2, -0.15) is 0 Å². The van der Waals surface area contributed by atoms with Crippen molar-refractivity contribution >= 4 is 40.0 Å². The highest BCUT2D eigenvalue weighted by atomic mass is 16.6. The van der Waals surface area contributed by atoms with Gasteiger partial charge in [-0.25, -0.2) is 0 Å². The van der Waals surface area contributed by atoms with Crippen molar-refractivity contribution in [3.63, 3.8) is 0 Å². The van der Waals surface area contributed by atoms with Crippen LogP contribution in [0.2, 0.25) is 0 Å². The molecule has 0 amide bonds. The predicted molar refractivity (Wildman–Crippen MR) is 179 cm³/mol. The first kappa shape index (κ1) is 29.9. The molecule has 1 aliphatic carbocycles. The van der Waals surface area contributed by atoms with Gasteiger partial charge in [0.15, 0.2) is 11.2 Å². The van der Waals surface area contributed by atoms with E-state index in [-0.39, 0.29) is 12.8 Å². The molecule has 0 fully saturated rings. The average molecular weight is 600 g/mol. The van der Waals surface area contributed by atoms with Crippen molar-refractivity contribution < 1.29 is 24.2 Å². The number of carbonyl (C=O) groups is 2. The molecular weight excluding hydrogens is 562 g/mol. The third-order valence-electron chi connectivity index (χ3n) is 8.93. The first-order valence-corrected chi connectivity index (χ1v) is 15.2. The van der Waals surface area contributed by atoms with Crippen molar-refractivity contribution in [1.82, 2.24) is 0 Å². The van der Waals surface area contributed by atoms with E-state index in [1.165, 1.54) is 0 Å². The number of ether oxygens (including phenoxy) is 2. The van der Waals surface area contributed by atoms with Crippen LogP contribution < -0.4 is 9.64 Å². The van der Waals surface area contributed by atoms with Crippen molar-refractivity contribution in [2.24, 2.45) is 0 Å². The van der Waals surface area contributed by atoms with E-state index >= 15 is 0 Å². The Hall–Kier alpha value is -5.10. The zero-order valence-electron chi connectivity index (χ0n) is 26.3. The number of esters is 1. The summed E-state index contributed by atoms with van der Waals surface area (Å²) in [5.41, 5.74) is 5.52. The molecule has 6 nitrogen and oxygen atoms in total. The van der Waals surface area contributed by atoms with E-state index in [0.717, 1.165) is 55.4 Å². The van der Waals surface area contributed by atoms with Gasteiger partial charge in [0.2, 0.25) is 0 Å². The van der Waals surface area contributed by atoms with Gasteiger partial charge < -0.3 is 19.5 Å². The highest BCUT2D eigenvalue weighted by Crippen LogP contribution is 2.57. The van der Waals surface area contributed by atoms with Gasteiger partial charge >= 0.3 is 11.9 Å². The number of aliphatic carboxylic acids is 1. The summed E-state index contributed by atoms with van der Waals surface area (Å²) >= 11 is 0. The van der Waals surface area contributed by atoms with Crippen molar-refractivity contribution in [3.05, 3.63) is 130 Å². The summed E-state index contributed by atoms with van der Waals surface area (Å²) in [6.45, 7) is 5.89. The van der Waals surface area contributed by atoms with Crippen LogP contribution in [0.5, 0.6) is 5.75 Å². The molecule has 2 aliphatic rings. The molecule has 4 aromatic rings. The number of rotatable bonds is 8. The SMILES string of the molecule is C/C=C\C1=C(C)c2c(c3c(c4ccccc24)OC(c2ccccc2)(c2ccc(N(C)C)cc2)C=C3)C1(C)OC(=O)CCC(=O)O. The van der Waals surface area contributed by atoms with Crippen LogP contribution in [0, 0.1) is 0 Å². The number of carboxylic acid groups (broad SMARTS) is 1. The Kier molecular flexibility index (Phi) is 7.61. The fraction of sp³-hybridized carbons (Fsp3) is 0.231. The molecule has 6 rings (SSSR count). The molecule has 228 valence electrons. The molecule has 6 heteroatoms. The van der Waals surface area contributed by atoms with Gasteiger partial charge in [-0.3, -0.25) is 9.59 Å². The van der Waals surface area contributed by atoms with Gasteiger partial charge in [-0.15, -0.1) is 0 Å². The number of hydrogen-bond donors (Lipinski definition) is 1. The molecule has 0 radical (unpaired) electrons. The first-order chi connectivity index (χ1) is 21.6. The molecule has 1 heterocycles. The highest BCUT2D eigenvalue weighted by Gasteiger charge is 2.48. The number of benzene rings is 4. The minimum Gasteiger partial charge on any atom is -0.481 e. The number of hydrogen-bond acceptors (Lipinski definition) is 5. The van der Waals surface area contributed by atoms with Crippen LogP contribution in [0.1, 0.15) is 61.4 Å². The Bertz CT molecular complexity index is 1900. The minimum atomic E-state index is -1.16. The lowest BCUT2D eigenvalue weighted by Gasteiger charge is -2.39. The summed E-state index contributed by atoms with van der Waals surface area (Å²) in [6.07, 6.45) is 7.60. The molecule has 4 aromatic carbocycles. The van der Waals surface area contributed by atoms with Gasteiger partial charge in [0.05, 0.1) is 12.8 Å². The van der Waals surface area contributed by atoms with Crippen LogP contribution in [0.4, 0.5) is 5.69 Å². The maximum absolute atomic E-state index is 13.2. The van der Waals surface area contributed by atoms with Gasteiger partial charge in [-0.05, 0) is 55.5 Å². The van der Waals surface area contributed by atoms with Crippen LogP contribution in [0.3, 0.4) is 0 Å². The Balaban J connectivity index is 1.61. The Morgan fingerprint density at radius 1 is 0.911 bits per heavy atom. The molecule has 0 saturated carbocycles. The number of fused-ring (bicyclic) bond motifs is 6. The predicted octanol–water partition coefficient (Wildman–Crippen LogP) is 8.24. The van der Waals surface area contributed by atoms with Crippen molar-refractivity contribution in [3.8, 4) is 5.75 Å². The van der Waals surface area contributed by atoms with E-state index in [2.05, 4.69) is 72.5 Å². The van der Waals surface area contributed by atoms with Crippen molar-refractivity contribution in [2.45, 2.75) is 44.8 Å². The van der Waals surface area contributed by atoms with E-state index < -0.39 is 23.1 Å². The molecule has 0 bridgehead atoms. The molecule has 2 atom stereocenters.